The van der Waals surface area contributed by atoms with Gasteiger partial charge in [0, 0.05) is 23.6 Å². The maximum atomic E-state index is 11.3. The molecular weight excluding hydrogens is 254 g/mol. The summed E-state index contributed by atoms with van der Waals surface area (Å²) in [6.07, 6.45) is 5.27. The molecule has 0 aliphatic rings. The Bertz CT molecular complexity index is 680. The van der Waals surface area contributed by atoms with E-state index in [4.69, 9.17) is 4.74 Å². The third-order valence-corrected chi connectivity index (χ3v) is 3.11. The second-order valence-corrected chi connectivity index (χ2v) is 4.27. The van der Waals surface area contributed by atoms with Gasteiger partial charge < -0.3 is 14.0 Å². The lowest BCUT2D eigenvalue weighted by Crippen LogP contribution is -2.05. The number of fused-ring (bicyclic) bond motifs is 1. The Morgan fingerprint density at radius 1 is 1.20 bits per heavy atom. The van der Waals surface area contributed by atoms with Crippen LogP contribution in [-0.4, -0.2) is 24.8 Å². The van der Waals surface area contributed by atoms with Gasteiger partial charge in [0.15, 0.2) is 0 Å². The van der Waals surface area contributed by atoms with E-state index >= 15 is 0 Å². The van der Waals surface area contributed by atoms with Crippen LogP contribution in [0.4, 0.5) is 0 Å². The predicted molar refractivity (Wildman–Crippen MR) is 79.1 cm³/mol. The first-order chi connectivity index (χ1) is 9.67. The summed E-state index contributed by atoms with van der Waals surface area (Å²) in [6, 6.07) is 10.2. The molecule has 0 fully saturated rings. The molecule has 104 valence electrons. The van der Waals surface area contributed by atoms with Crippen molar-refractivity contribution in [2.24, 2.45) is 7.05 Å². The SMILES string of the molecule is COC(=O)C(=CC=Cc1cc2ccccc2n1C)OC. The number of methoxy groups -OCH3 is 2. The molecule has 0 aliphatic carbocycles. The molecular formula is C16H17NO3. The number of hydrogen-bond acceptors (Lipinski definition) is 3. The summed E-state index contributed by atoms with van der Waals surface area (Å²) in [6.45, 7) is 0. The van der Waals surface area contributed by atoms with Crippen molar-refractivity contribution in [2.75, 3.05) is 14.2 Å². The number of aromatic nitrogens is 1. The molecule has 0 unspecified atom stereocenters. The van der Waals surface area contributed by atoms with Gasteiger partial charge >= 0.3 is 5.97 Å². The standard InChI is InChI=1S/C16H17NO3/c1-17-13(11-12-7-4-5-9-14(12)17)8-6-10-15(19-2)16(18)20-3/h4-11H,1-3H3. The average molecular weight is 271 g/mol. The van der Waals surface area contributed by atoms with Crippen molar-refractivity contribution in [1.82, 2.24) is 4.57 Å². The summed E-state index contributed by atoms with van der Waals surface area (Å²) < 4.78 is 11.7. The molecule has 0 spiro atoms. The highest BCUT2D eigenvalue weighted by molar-refractivity contribution is 5.87. The van der Waals surface area contributed by atoms with Crippen LogP contribution in [0.5, 0.6) is 0 Å². The van der Waals surface area contributed by atoms with Gasteiger partial charge in [0.05, 0.1) is 14.2 Å². The molecule has 1 aromatic heterocycles. The zero-order valence-corrected chi connectivity index (χ0v) is 11.8. The van der Waals surface area contributed by atoms with Crippen LogP contribution < -0.4 is 0 Å². The number of carbonyl (C=O) groups excluding carboxylic acids is 1. The Labute approximate surface area is 117 Å². The molecule has 0 saturated heterocycles. The van der Waals surface area contributed by atoms with Crippen LogP contribution in [0.2, 0.25) is 0 Å². The number of aryl methyl sites for hydroxylation is 1. The van der Waals surface area contributed by atoms with Crippen LogP contribution in [-0.2, 0) is 21.3 Å². The lowest BCUT2D eigenvalue weighted by molar-refractivity contribution is -0.139. The summed E-state index contributed by atoms with van der Waals surface area (Å²) in [5.74, 6) is -0.322. The van der Waals surface area contributed by atoms with E-state index in [-0.39, 0.29) is 5.76 Å². The van der Waals surface area contributed by atoms with Crippen molar-refractivity contribution in [3.63, 3.8) is 0 Å². The quantitative estimate of drug-likeness (QED) is 0.371. The predicted octanol–water partition coefficient (Wildman–Crippen LogP) is 2.89. The third-order valence-electron chi connectivity index (χ3n) is 3.11. The molecule has 0 amide bonds. The summed E-state index contributed by atoms with van der Waals surface area (Å²) in [5.41, 5.74) is 2.21. The monoisotopic (exact) mass is 271 g/mol. The number of ether oxygens (including phenoxy) is 2. The highest BCUT2D eigenvalue weighted by Gasteiger charge is 2.07. The van der Waals surface area contributed by atoms with E-state index in [0.29, 0.717) is 0 Å². The summed E-state index contributed by atoms with van der Waals surface area (Å²) in [5, 5.41) is 1.18. The molecule has 2 rings (SSSR count). The van der Waals surface area contributed by atoms with E-state index in [0.717, 1.165) is 11.2 Å². The van der Waals surface area contributed by atoms with Gasteiger partial charge in [-0.25, -0.2) is 4.79 Å². The Balaban J connectivity index is 2.28. The maximum absolute atomic E-state index is 11.3. The van der Waals surface area contributed by atoms with Crippen molar-refractivity contribution in [2.45, 2.75) is 0 Å². The fraction of sp³-hybridized carbons (Fsp3) is 0.188. The van der Waals surface area contributed by atoms with Crippen LogP contribution in [0.1, 0.15) is 5.69 Å². The number of nitrogens with zero attached hydrogens (tertiary/aromatic N) is 1. The van der Waals surface area contributed by atoms with Crippen LogP contribution in [0.3, 0.4) is 0 Å². The minimum Gasteiger partial charge on any atom is -0.490 e. The van der Waals surface area contributed by atoms with Crippen LogP contribution in [0.15, 0.2) is 48.2 Å². The fourth-order valence-corrected chi connectivity index (χ4v) is 2.02. The topological polar surface area (TPSA) is 40.5 Å². The average Bonchev–Trinajstić information content (AvgIpc) is 2.80. The van der Waals surface area contributed by atoms with Crippen molar-refractivity contribution in [3.8, 4) is 0 Å². The van der Waals surface area contributed by atoms with Gasteiger partial charge in [0.25, 0.3) is 0 Å². The molecule has 0 radical (unpaired) electrons. The Morgan fingerprint density at radius 3 is 2.60 bits per heavy atom. The summed E-state index contributed by atoms with van der Waals surface area (Å²) >= 11 is 0. The maximum Gasteiger partial charge on any atom is 0.373 e. The minimum absolute atomic E-state index is 0.169. The summed E-state index contributed by atoms with van der Waals surface area (Å²) in [4.78, 5) is 11.3. The highest BCUT2D eigenvalue weighted by atomic mass is 16.6. The van der Waals surface area contributed by atoms with Crippen LogP contribution in [0.25, 0.3) is 17.0 Å². The molecule has 0 N–H and O–H groups in total. The van der Waals surface area contributed by atoms with E-state index in [1.54, 1.807) is 12.2 Å². The Morgan fingerprint density at radius 2 is 1.95 bits per heavy atom. The first-order valence-corrected chi connectivity index (χ1v) is 6.22. The normalized spacial score (nSPS) is 12.1. The largest absolute Gasteiger partial charge is 0.490 e. The fourth-order valence-electron chi connectivity index (χ4n) is 2.02. The lowest BCUT2D eigenvalue weighted by atomic mass is 10.2. The molecule has 0 atom stereocenters. The lowest BCUT2D eigenvalue weighted by Gasteiger charge is -2.01. The molecule has 1 heterocycles. The van der Waals surface area contributed by atoms with Crippen molar-refractivity contribution in [1.29, 1.82) is 0 Å². The zero-order valence-electron chi connectivity index (χ0n) is 11.8. The molecule has 1 aromatic carbocycles. The number of carbonyl (C=O) groups is 1. The first kappa shape index (κ1) is 13.9. The van der Waals surface area contributed by atoms with Crippen molar-refractivity contribution < 1.29 is 14.3 Å². The smallest absolute Gasteiger partial charge is 0.373 e. The van der Waals surface area contributed by atoms with Crippen molar-refractivity contribution in [3.05, 3.63) is 53.9 Å². The number of rotatable bonds is 4. The van der Waals surface area contributed by atoms with E-state index < -0.39 is 5.97 Å². The first-order valence-electron chi connectivity index (χ1n) is 6.22. The van der Waals surface area contributed by atoms with E-state index in [1.165, 1.54) is 19.6 Å². The number of para-hydroxylation sites is 1. The van der Waals surface area contributed by atoms with Gasteiger partial charge in [-0.3, -0.25) is 0 Å². The third kappa shape index (κ3) is 2.74. The van der Waals surface area contributed by atoms with Gasteiger partial charge in [-0.2, -0.15) is 0 Å². The van der Waals surface area contributed by atoms with Gasteiger partial charge in [0.2, 0.25) is 5.76 Å². The van der Waals surface area contributed by atoms with Gasteiger partial charge in [-0.1, -0.05) is 24.3 Å². The summed E-state index contributed by atoms with van der Waals surface area (Å²) in [7, 11) is 4.76. The number of benzene rings is 1. The molecule has 0 bridgehead atoms. The molecule has 4 heteroatoms. The number of allylic oxidation sites excluding steroid dienone is 2. The Kier molecular flexibility index (Phi) is 4.25. The van der Waals surface area contributed by atoms with Crippen LogP contribution in [0, 0.1) is 0 Å². The molecule has 2 aromatic rings. The van der Waals surface area contributed by atoms with Gasteiger partial charge in [-0.05, 0) is 24.3 Å². The number of esters is 1. The second kappa shape index (κ2) is 6.10. The van der Waals surface area contributed by atoms with Crippen LogP contribution >= 0.6 is 0 Å². The highest BCUT2D eigenvalue weighted by Crippen LogP contribution is 2.19. The van der Waals surface area contributed by atoms with Crippen molar-refractivity contribution >= 4 is 22.9 Å². The van der Waals surface area contributed by atoms with Gasteiger partial charge in [-0.15, -0.1) is 0 Å². The minimum atomic E-state index is -0.491. The molecule has 0 aliphatic heterocycles. The van der Waals surface area contributed by atoms with E-state index in [9.17, 15) is 4.79 Å². The number of hydrogen-bond donors (Lipinski definition) is 0. The zero-order chi connectivity index (χ0) is 14.5. The molecule has 0 saturated carbocycles. The van der Waals surface area contributed by atoms with E-state index in [1.807, 2.05) is 25.3 Å². The van der Waals surface area contributed by atoms with E-state index in [2.05, 4.69) is 27.5 Å². The second-order valence-electron chi connectivity index (χ2n) is 4.27. The molecule has 20 heavy (non-hydrogen) atoms. The van der Waals surface area contributed by atoms with Gasteiger partial charge in [0.1, 0.15) is 0 Å². The molecule has 4 nitrogen and oxygen atoms in total. The Hall–Kier alpha value is -2.49.